The first-order chi connectivity index (χ1) is 14.3. The topological polar surface area (TPSA) is 149 Å². The van der Waals surface area contributed by atoms with Gasteiger partial charge in [-0.3, -0.25) is 20.0 Å². The Morgan fingerprint density at radius 3 is 2.90 bits per heavy atom. The van der Waals surface area contributed by atoms with Gasteiger partial charge in [0.2, 0.25) is 5.95 Å². The van der Waals surface area contributed by atoms with Gasteiger partial charge in [0.1, 0.15) is 11.4 Å². The number of thiazole rings is 1. The number of nitrogen functional groups attached to an aromatic ring is 1. The summed E-state index contributed by atoms with van der Waals surface area (Å²) < 4.78 is 4.92. The van der Waals surface area contributed by atoms with E-state index in [0.717, 1.165) is 11.1 Å². The van der Waals surface area contributed by atoms with Crippen LogP contribution in [0, 0.1) is 0 Å². The molecule has 4 N–H and O–H groups in total. The Kier molecular flexibility index (Phi) is 4.98. The minimum absolute atomic E-state index is 0.0601. The smallest absolute Gasteiger partial charge is 0.311 e. The summed E-state index contributed by atoms with van der Waals surface area (Å²) in [5.74, 6) is -0.561. The highest BCUT2D eigenvalue weighted by atomic mass is 32.1. The van der Waals surface area contributed by atoms with Crippen LogP contribution in [-0.4, -0.2) is 43.6 Å². The van der Waals surface area contributed by atoms with Crippen LogP contribution < -0.4 is 11.1 Å². The van der Waals surface area contributed by atoms with Gasteiger partial charge >= 0.3 is 5.97 Å². The van der Waals surface area contributed by atoms with Crippen LogP contribution in [0.2, 0.25) is 0 Å². The van der Waals surface area contributed by atoms with Crippen molar-refractivity contribution >= 4 is 34.3 Å². The van der Waals surface area contributed by atoms with Crippen molar-refractivity contribution in [2.24, 2.45) is 0 Å². The van der Waals surface area contributed by atoms with Crippen LogP contribution in [0.1, 0.15) is 48.1 Å². The fourth-order valence-corrected chi connectivity index (χ4v) is 4.33. The maximum absolute atomic E-state index is 13.0. The number of amides is 1. The zero-order valence-electron chi connectivity index (χ0n) is 16.8. The van der Waals surface area contributed by atoms with Crippen molar-refractivity contribution in [2.45, 2.75) is 39.0 Å². The van der Waals surface area contributed by atoms with Crippen LogP contribution in [0.25, 0.3) is 11.4 Å². The summed E-state index contributed by atoms with van der Waals surface area (Å²) in [5.41, 5.74) is 9.22. The van der Waals surface area contributed by atoms with Crippen molar-refractivity contribution in [3.63, 3.8) is 0 Å². The van der Waals surface area contributed by atoms with Crippen molar-refractivity contribution < 1.29 is 14.3 Å². The molecule has 0 spiro atoms. The van der Waals surface area contributed by atoms with E-state index in [9.17, 15) is 9.59 Å². The predicted molar refractivity (Wildman–Crippen MR) is 111 cm³/mol. The highest BCUT2D eigenvalue weighted by Crippen LogP contribution is 2.42. The van der Waals surface area contributed by atoms with Gasteiger partial charge in [0.05, 0.1) is 24.4 Å². The van der Waals surface area contributed by atoms with E-state index in [0.29, 0.717) is 40.9 Å². The zero-order valence-corrected chi connectivity index (χ0v) is 17.6. The summed E-state index contributed by atoms with van der Waals surface area (Å²) in [6.07, 6.45) is 2.42. The fraction of sp³-hybridized carbons (Fsp3) is 0.368. The number of hydrogen-bond donors (Lipinski definition) is 3. The molecule has 1 aliphatic rings. The number of H-pyrrole nitrogens is 1. The lowest BCUT2D eigenvalue weighted by molar-refractivity contribution is -0.142. The Morgan fingerprint density at radius 1 is 1.33 bits per heavy atom. The SMILES string of the molecule is CCOC(=O)Cc1csc(NC(=O)c2[nH]nc3c2C(C)(C)Cc2cnc(N)nc2-3)n1. The van der Waals surface area contributed by atoms with E-state index in [2.05, 4.69) is 30.5 Å². The number of rotatable bonds is 5. The molecule has 30 heavy (non-hydrogen) atoms. The van der Waals surface area contributed by atoms with Gasteiger partial charge in [-0.2, -0.15) is 5.10 Å². The molecule has 0 radical (unpaired) electrons. The molecule has 0 saturated heterocycles. The first kappa shape index (κ1) is 20.0. The number of esters is 1. The molecule has 3 heterocycles. The molecule has 0 aliphatic heterocycles. The van der Waals surface area contributed by atoms with E-state index >= 15 is 0 Å². The molecule has 1 amide bonds. The second-order valence-corrected chi connectivity index (χ2v) is 8.42. The molecule has 4 rings (SSSR count). The van der Waals surface area contributed by atoms with Gasteiger partial charge in [0.25, 0.3) is 5.91 Å². The monoisotopic (exact) mass is 427 g/mol. The second kappa shape index (κ2) is 7.48. The lowest BCUT2D eigenvalue weighted by Gasteiger charge is -2.30. The number of ether oxygens (including phenoxy) is 1. The lowest BCUT2D eigenvalue weighted by Crippen LogP contribution is -2.29. The maximum atomic E-state index is 13.0. The fourth-order valence-electron chi connectivity index (χ4n) is 3.62. The van der Waals surface area contributed by atoms with Crippen LogP contribution in [-0.2, 0) is 27.8 Å². The molecule has 0 aromatic carbocycles. The minimum Gasteiger partial charge on any atom is -0.466 e. The molecular weight excluding hydrogens is 406 g/mol. The molecule has 156 valence electrons. The zero-order chi connectivity index (χ0) is 21.5. The van der Waals surface area contributed by atoms with E-state index in [-0.39, 0.29) is 29.7 Å². The molecule has 0 fully saturated rings. The van der Waals surface area contributed by atoms with Crippen LogP contribution >= 0.6 is 11.3 Å². The van der Waals surface area contributed by atoms with Crippen molar-refractivity contribution in [1.82, 2.24) is 25.1 Å². The summed E-state index contributed by atoms with van der Waals surface area (Å²) >= 11 is 1.24. The third-order valence-corrected chi connectivity index (χ3v) is 5.62. The number of nitrogens with zero attached hydrogens (tertiary/aromatic N) is 4. The van der Waals surface area contributed by atoms with Crippen molar-refractivity contribution in [3.8, 4) is 11.4 Å². The average Bonchev–Trinajstić information content (AvgIpc) is 3.30. The Hall–Kier alpha value is -3.34. The van der Waals surface area contributed by atoms with E-state index < -0.39 is 0 Å². The van der Waals surface area contributed by atoms with Crippen molar-refractivity contribution in [1.29, 1.82) is 0 Å². The third kappa shape index (κ3) is 3.63. The van der Waals surface area contributed by atoms with Crippen LogP contribution in [0.3, 0.4) is 0 Å². The number of aromatic nitrogens is 5. The molecule has 0 saturated carbocycles. The largest absolute Gasteiger partial charge is 0.466 e. The summed E-state index contributed by atoms with van der Waals surface area (Å²) in [6, 6.07) is 0. The number of fused-ring (bicyclic) bond motifs is 3. The quantitative estimate of drug-likeness (QED) is 0.524. The Labute approximate surface area is 176 Å². The van der Waals surface area contributed by atoms with E-state index in [1.807, 2.05) is 13.8 Å². The first-order valence-electron chi connectivity index (χ1n) is 9.40. The average molecular weight is 427 g/mol. The summed E-state index contributed by atoms with van der Waals surface area (Å²) in [6.45, 7) is 6.14. The van der Waals surface area contributed by atoms with Gasteiger partial charge in [-0.1, -0.05) is 13.8 Å². The van der Waals surface area contributed by atoms with E-state index in [4.69, 9.17) is 10.5 Å². The predicted octanol–water partition coefficient (Wildman–Crippen LogP) is 2.10. The van der Waals surface area contributed by atoms with Gasteiger partial charge in [-0.25, -0.2) is 15.0 Å². The molecule has 11 heteroatoms. The van der Waals surface area contributed by atoms with E-state index in [1.165, 1.54) is 11.3 Å². The molecule has 0 bridgehead atoms. The Bertz CT molecular complexity index is 1140. The molecule has 0 unspecified atom stereocenters. The van der Waals surface area contributed by atoms with E-state index in [1.54, 1.807) is 18.5 Å². The van der Waals surface area contributed by atoms with Crippen LogP contribution in [0.5, 0.6) is 0 Å². The number of nitrogens with one attached hydrogen (secondary N) is 2. The maximum Gasteiger partial charge on any atom is 0.311 e. The number of carbonyl (C=O) groups is 2. The molecule has 3 aromatic heterocycles. The van der Waals surface area contributed by atoms with Crippen molar-refractivity contribution in [3.05, 3.63) is 34.1 Å². The van der Waals surface area contributed by atoms with Gasteiger partial charge in [0.15, 0.2) is 5.13 Å². The molecular formula is C19H21N7O3S. The highest BCUT2D eigenvalue weighted by molar-refractivity contribution is 7.14. The molecule has 0 atom stereocenters. The number of carbonyl (C=O) groups excluding carboxylic acids is 2. The summed E-state index contributed by atoms with van der Waals surface area (Å²) in [4.78, 5) is 37.3. The standard InChI is InChI=1S/C19H21N7O3S/c1-4-29-11(27)5-10-8-30-18(22-10)24-16(28)15-12-14(25-26-15)13-9(6-19(12,2)3)7-21-17(20)23-13/h7-8H,4-6H2,1-3H3,(H,25,26)(H2,20,21,23)(H,22,24,28). The van der Waals surface area contributed by atoms with Crippen molar-refractivity contribution in [2.75, 3.05) is 17.7 Å². The first-order valence-corrected chi connectivity index (χ1v) is 10.3. The summed E-state index contributed by atoms with van der Waals surface area (Å²) in [7, 11) is 0. The van der Waals surface area contributed by atoms with Gasteiger partial charge in [-0.05, 0) is 24.3 Å². The molecule has 10 nitrogen and oxygen atoms in total. The second-order valence-electron chi connectivity index (χ2n) is 7.56. The molecule has 1 aliphatic carbocycles. The third-order valence-electron chi connectivity index (χ3n) is 4.81. The van der Waals surface area contributed by atoms with Crippen LogP contribution in [0.4, 0.5) is 11.1 Å². The van der Waals surface area contributed by atoms with Crippen LogP contribution in [0.15, 0.2) is 11.6 Å². The van der Waals surface area contributed by atoms with Gasteiger partial charge in [0, 0.05) is 17.1 Å². The number of anilines is 2. The van der Waals surface area contributed by atoms with Gasteiger partial charge < -0.3 is 10.5 Å². The Balaban J connectivity index is 1.60. The Morgan fingerprint density at radius 2 is 2.13 bits per heavy atom. The lowest BCUT2D eigenvalue weighted by atomic mass is 9.73. The number of aromatic amines is 1. The minimum atomic E-state index is -0.362. The number of nitrogens with two attached hydrogens (primary N) is 1. The summed E-state index contributed by atoms with van der Waals surface area (Å²) in [5, 5.41) is 12.1. The normalized spacial score (nSPS) is 14.0. The molecule has 3 aromatic rings. The highest BCUT2D eigenvalue weighted by Gasteiger charge is 2.38. The van der Waals surface area contributed by atoms with Gasteiger partial charge in [-0.15, -0.1) is 11.3 Å². The number of hydrogen-bond acceptors (Lipinski definition) is 9.